The quantitative estimate of drug-likeness (QED) is 0.610. The normalized spacial score (nSPS) is 11.2. The second-order valence-corrected chi connectivity index (χ2v) is 5.19. The lowest BCUT2D eigenvalue weighted by atomic mass is 10.0. The van der Waals surface area contributed by atoms with Gasteiger partial charge in [0.05, 0.1) is 16.6 Å². The maximum atomic E-state index is 12.2. The largest absolute Gasteiger partial charge is 0.480 e. The van der Waals surface area contributed by atoms with Crippen molar-refractivity contribution < 1.29 is 19.6 Å². The number of hydrogen-bond acceptors (Lipinski definition) is 5. The molecule has 1 amide bonds. The van der Waals surface area contributed by atoms with E-state index in [0.717, 1.165) is 6.07 Å². The molecule has 0 radical (unpaired) electrons. The zero-order chi connectivity index (χ0) is 18.4. The van der Waals surface area contributed by atoms with Crippen LogP contribution in [-0.4, -0.2) is 27.9 Å². The van der Waals surface area contributed by atoms with Gasteiger partial charge >= 0.3 is 5.97 Å². The standard InChI is InChI=1S/C17H13N3O5/c18-10-12-4-1-3-11(7-12)8-15(17(22)23)19-16(21)13-5-2-6-14(9-13)20(24)25/h1-7,9,15H,8H2,(H,19,21)(H,22,23)/t15-/m1/s1. The maximum absolute atomic E-state index is 12.2. The third-order valence-electron chi connectivity index (χ3n) is 3.42. The van der Waals surface area contributed by atoms with E-state index in [-0.39, 0.29) is 17.7 Å². The Hall–Kier alpha value is -3.73. The lowest BCUT2D eigenvalue weighted by Gasteiger charge is -2.15. The molecule has 0 aliphatic rings. The van der Waals surface area contributed by atoms with Crippen LogP contribution in [0.2, 0.25) is 0 Å². The van der Waals surface area contributed by atoms with Gasteiger partial charge in [-0.2, -0.15) is 5.26 Å². The van der Waals surface area contributed by atoms with Crippen LogP contribution in [0.3, 0.4) is 0 Å². The Bertz CT molecular complexity index is 873. The van der Waals surface area contributed by atoms with E-state index in [0.29, 0.717) is 11.1 Å². The van der Waals surface area contributed by atoms with E-state index in [1.54, 1.807) is 18.2 Å². The van der Waals surface area contributed by atoms with Gasteiger partial charge in [0, 0.05) is 24.1 Å². The lowest BCUT2D eigenvalue weighted by molar-refractivity contribution is -0.384. The molecule has 0 fully saturated rings. The molecule has 2 aromatic carbocycles. The number of nitrogens with zero attached hydrogens (tertiary/aromatic N) is 2. The van der Waals surface area contributed by atoms with Gasteiger partial charge < -0.3 is 10.4 Å². The third-order valence-corrected chi connectivity index (χ3v) is 3.42. The number of rotatable bonds is 6. The molecular formula is C17H13N3O5. The number of carboxylic acids is 1. The fourth-order valence-electron chi connectivity index (χ4n) is 2.21. The van der Waals surface area contributed by atoms with E-state index in [4.69, 9.17) is 5.26 Å². The van der Waals surface area contributed by atoms with Gasteiger partial charge in [-0.1, -0.05) is 18.2 Å². The van der Waals surface area contributed by atoms with Crippen LogP contribution in [0.15, 0.2) is 48.5 Å². The number of benzene rings is 2. The summed E-state index contributed by atoms with van der Waals surface area (Å²) in [4.78, 5) is 33.7. The zero-order valence-electron chi connectivity index (χ0n) is 12.9. The molecular weight excluding hydrogens is 326 g/mol. The van der Waals surface area contributed by atoms with E-state index >= 15 is 0 Å². The van der Waals surface area contributed by atoms with Crippen molar-refractivity contribution in [3.63, 3.8) is 0 Å². The van der Waals surface area contributed by atoms with Crippen molar-refractivity contribution in [3.05, 3.63) is 75.3 Å². The molecule has 0 spiro atoms. The molecule has 2 N–H and O–H groups in total. The summed E-state index contributed by atoms with van der Waals surface area (Å²) in [7, 11) is 0. The molecule has 2 aromatic rings. The van der Waals surface area contributed by atoms with Crippen molar-refractivity contribution in [2.24, 2.45) is 0 Å². The molecule has 0 aliphatic carbocycles. The monoisotopic (exact) mass is 339 g/mol. The van der Waals surface area contributed by atoms with Crippen LogP contribution in [0.5, 0.6) is 0 Å². The summed E-state index contributed by atoms with van der Waals surface area (Å²) in [5.41, 5.74) is 0.685. The molecule has 0 saturated carbocycles. The molecule has 0 saturated heterocycles. The number of carboxylic acid groups (broad SMARTS) is 1. The van der Waals surface area contributed by atoms with E-state index in [1.165, 1.54) is 24.3 Å². The number of amides is 1. The van der Waals surface area contributed by atoms with Crippen LogP contribution >= 0.6 is 0 Å². The average Bonchev–Trinajstić information content (AvgIpc) is 2.61. The summed E-state index contributed by atoms with van der Waals surface area (Å²) >= 11 is 0. The van der Waals surface area contributed by atoms with Crippen molar-refractivity contribution in [3.8, 4) is 6.07 Å². The first kappa shape index (κ1) is 17.6. The maximum Gasteiger partial charge on any atom is 0.326 e. The number of nitriles is 1. The minimum absolute atomic E-state index is 0.00812. The number of hydrogen-bond donors (Lipinski definition) is 2. The second kappa shape index (κ2) is 7.70. The van der Waals surface area contributed by atoms with Gasteiger partial charge in [-0.05, 0) is 23.8 Å². The Morgan fingerprint density at radius 3 is 2.60 bits per heavy atom. The van der Waals surface area contributed by atoms with Crippen molar-refractivity contribution in [2.45, 2.75) is 12.5 Å². The van der Waals surface area contributed by atoms with Crippen LogP contribution in [0, 0.1) is 21.4 Å². The van der Waals surface area contributed by atoms with E-state index in [2.05, 4.69) is 5.32 Å². The van der Waals surface area contributed by atoms with Crippen molar-refractivity contribution in [1.82, 2.24) is 5.32 Å². The first-order valence-electron chi connectivity index (χ1n) is 7.18. The Balaban J connectivity index is 2.17. The average molecular weight is 339 g/mol. The molecule has 126 valence electrons. The van der Waals surface area contributed by atoms with Crippen LogP contribution in [0.25, 0.3) is 0 Å². The Morgan fingerprint density at radius 2 is 1.96 bits per heavy atom. The SMILES string of the molecule is N#Cc1cccc(C[C@@H](NC(=O)c2cccc([N+](=O)[O-])c2)C(=O)O)c1. The van der Waals surface area contributed by atoms with Gasteiger partial charge in [0.1, 0.15) is 6.04 Å². The highest BCUT2D eigenvalue weighted by atomic mass is 16.6. The van der Waals surface area contributed by atoms with E-state index < -0.39 is 22.8 Å². The molecule has 1 atom stereocenters. The van der Waals surface area contributed by atoms with Crippen LogP contribution in [-0.2, 0) is 11.2 Å². The Morgan fingerprint density at radius 1 is 1.24 bits per heavy atom. The third kappa shape index (κ3) is 4.62. The fourth-order valence-corrected chi connectivity index (χ4v) is 2.21. The molecule has 25 heavy (non-hydrogen) atoms. The van der Waals surface area contributed by atoms with Gasteiger partial charge in [0.25, 0.3) is 11.6 Å². The number of aliphatic carboxylic acids is 1. The summed E-state index contributed by atoms with van der Waals surface area (Å²) in [6.45, 7) is 0. The molecule has 8 heteroatoms. The van der Waals surface area contributed by atoms with Gasteiger partial charge in [0.15, 0.2) is 0 Å². The number of nitro benzene ring substituents is 1. The molecule has 0 heterocycles. The summed E-state index contributed by atoms with van der Waals surface area (Å²) < 4.78 is 0. The van der Waals surface area contributed by atoms with E-state index in [9.17, 15) is 24.8 Å². The minimum atomic E-state index is -1.25. The molecule has 0 aromatic heterocycles. The number of nitro groups is 1. The summed E-state index contributed by atoms with van der Waals surface area (Å²) in [5, 5.41) is 31.3. The van der Waals surface area contributed by atoms with Gasteiger partial charge in [-0.3, -0.25) is 14.9 Å². The predicted molar refractivity (Wildman–Crippen MR) is 86.8 cm³/mol. The van der Waals surface area contributed by atoms with E-state index in [1.807, 2.05) is 6.07 Å². The molecule has 2 rings (SSSR count). The predicted octanol–water partition coefficient (Wildman–Crippen LogP) is 1.89. The smallest absolute Gasteiger partial charge is 0.326 e. The molecule has 0 bridgehead atoms. The highest BCUT2D eigenvalue weighted by Gasteiger charge is 2.22. The first-order valence-corrected chi connectivity index (χ1v) is 7.18. The highest BCUT2D eigenvalue weighted by molar-refractivity contribution is 5.97. The van der Waals surface area contributed by atoms with Crippen LogP contribution < -0.4 is 5.32 Å². The van der Waals surface area contributed by atoms with Crippen molar-refractivity contribution in [2.75, 3.05) is 0 Å². The van der Waals surface area contributed by atoms with Crippen molar-refractivity contribution in [1.29, 1.82) is 5.26 Å². The van der Waals surface area contributed by atoms with Gasteiger partial charge in [-0.25, -0.2) is 4.79 Å². The Kier molecular flexibility index (Phi) is 5.43. The van der Waals surface area contributed by atoms with Crippen LogP contribution in [0.1, 0.15) is 21.5 Å². The number of carbonyl (C=O) groups excluding carboxylic acids is 1. The van der Waals surface area contributed by atoms with Crippen LogP contribution in [0.4, 0.5) is 5.69 Å². The topological polar surface area (TPSA) is 133 Å². The Labute approximate surface area is 142 Å². The lowest BCUT2D eigenvalue weighted by Crippen LogP contribution is -2.42. The summed E-state index contributed by atoms with van der Waals surface area (Å²) in [5.74, 6) is -1.98. The molecule has 8 nitrogen and oxygen atoms in total. The van der Waals surface area contributed by atoms with Gasteiger partial charge in [-0.15, -0.1) is 0 Å². The first-order chi connectivity index (χ1) is 11.9. The molecule has 0 unspecified atom stereocenters. The highest BCUT2D eigenvalue weighted by Crippen LogP contribution is 2.14. The number of carbonyl (C=O) groups is 2. The minimum Gasteiger partial charge on any atom is -0.480 e. The number of nitrogens with one attached hydrogen (secondary N) is 1. The van der Waals surface area contributed by atoms with Crippen molar-refractivity contribution >= 4 is 17.6 Å². The molecule has 0 aliphatic heterocycles. The summed E-state index contributed by atoms with van der Waals surface area (Å²) in [6, 6.07) is 12.1. The zero-order valence-corrected chi connectivity index (χ0v) is 12.9. The second-order valence-electron chi connectivity index (χ2n) is 5.19. The fraction of sp³-hybridized carbons (Fsp3) is 0.118. The van der Waals surface area contributed by atoms with Gasteiger partial charge in [0.2, 0.25) is 0 Å². The number of non-ortho nitro benzene ring substituents is 1. The summed E-state index contributed by atoms with van der Waals surface area (Å²) in [6.07, 6.45) is -0.0223.